The quantitative estimate of drug-likeness (QED) is 0.674. The van der Waals surface area contributed by atoms with Gasteiger partial charge in [-0.1, -0.05) is 19.9 Å². The number of ether oxygens (including phenoxy) is 1. The number of pyridine rings is 1. The first-order valence-corrected chi connectivity index (χ1v) is 11.0. The van der Waals surface area contributed by atoms with Gasteiger partial charge in [0.2, 0.25) is 0 Å². The van der Waals surface area contributed by atoms with Gasteiger partial charge in [0, 0.05) is 48.5 Å². The number of aliphatic imine (C=N–C) groups is 1. The van der Waals surface area contributed by atoms with Crippen LogP contribution in [0.25, 0.3) is 5.57 Å². The van der Waals surface area contributed by atoms with Crippen molar-refractivity contribution in [2.75, 3.05) is 18.8 Å². The van der Waals surface area contributed by atoms with E-state index in [0.717, 1.165) is 40.1 Å². The summed E-state index contributed by atoms with van der Waals surface area (Å²) in [5, 5.41) is 9.99. The molecule has 164 valence electrons. The number of hydrogen-bond donors (Lipinski definition) is 1. The van der Waals surface area contributed by atoms with Crippen LogP contribution in [-0.2, 0) is 0 Å². The molecule has 4 unspecified atom stereocenters. The van der Waals surface area contributed by atoms with E-state index in [-0.39, 0.29) is 23.7 Å². The lowest BCUT2D eigenvalue weighted by molar-refractivity contribution is 0.225. The largest absolute Gasteiger partial charge is 0.482 e. The molecule has 0 amide bonds. The van der Waals surface area contributed by atoms with Crippen LogP contribution in [0.15, 0.2) is 41.0 Å². The van der Waals surface area contributed by atoms with Crippen molar-refractivity contribution in [2.24, 2.45) is 10.9 Å². The molecule has 6 nitrogen and oxygen atoms in total. The van der Waals surface area contributed by atoms with Gasteiger partial charge >= 0.3 is 0 Å². The van der Waals surface area contributed by atoms with Gasteiger partial charge in [-0.15, -0.1) is 0 Å². The first kappa shape index (κ1) is 20.7. The van der Waals surface area contributed by atoms with Crippen molar-refractivity contribution >= 4 is 17.1 Å². The Kier molecular flexibility index (Phi) is 4.98. The maximum absolute atomic E-state index is 14.1. The predicted octanol–water partition coefficient (Wildman–Crippen LogP) is 4.46. The third-order valence-corrected chi connectivity index (χ3v) is 6.62. The van der Waals surface area contributed by atoms with Crippen LogP contribution in [0.2, 0.25) is 0 Å². The summed E-state index contributed by atoms with van der Waals surface area (Å²) >= 11 is 0. The molecule has 7 heteroatoms. The first-order valence-electron chi connectivity index (χ1n) is 11.0. The summed E-state index contributed by atoms with van der Waals surface area (Å²) in [7, 11) is 0. The van der Waals surface area contributed by atoms with Gasteiger partial charge < -0.3 is 10.5 Å². The lowest BCUT2D eigenvalue weighted by Crippen LogP contribution is -2.27. The number of aromatic nitrogens is 1. The van der Waals surface area contributed by atoms with Gasteiger partial charge in [-0.25, -0.2) is 9.37 Å². The Morgan fingerprint density at radius 1 is 1.28 bits per heavy atom. The summed E-state index contributed by atoms with van der Waals surface area (Å²) in [5.74, 6) is 0.719. The zero-order valence-corrected chi connectivity index (χ0v) is 18.5. The molecule has 0 saturated carbocycles. The van der Waals surface area contributed by atoms with Crippen LogP contribution >= 0.6 is 0 Å². The fourth-order valence-corrected chi connectivity index (χ4v) is 4.72. The van der Waals surface area contributed by atoms with Crippen LogP contribution in [0, 0.1) is 23.1 Å². The number of anilines is 1. The summed E-state index contributed by atoms with van der Waals surface area (Å²) in [6.45, 7) is 7.63. The molecule has 4 heterocycles. The van der Waals surface area contributed by atoms with Crippen molar-refractivity contribution in [2.45, 2.75) is 45.4 Å². The van der Waals surface area contributed by atoms with Crippen LogP contribution in [0.5, 0.6) is 5.75 Å². The van der Waals surface area contributed by atoms with Crippen LogP contribution in [0.3, 0.4) is 0 Å². The number of dihydropyridines is 1. The van der Waals surface area contributed by atoms with E-state index in [9.17, 15) is 9.65 Å². The number of rotatable bonds is 1. The van der Waals surface area contributed by atoms with E-state index in [4.69, 9.17) is 15.5 Å². The van der Waals surface area contributed by atoms with E-state index >= 15 is 0 Å². The predicted molar refractivity (Wildman–Crippen MR) is 122 cm³/mol. The molecule has 1 fully saturated rings. The first-order chi connectivity index (χ1) is 15.4. The van der Waals surface area contributed by atoms with Crippen molar-refractivity contribution in [3.63, 3.8) is 0 Å². The van der Waals surface area contributed by atoms with Gasteiger partial charge in [0.05, 0.1) is 17.8 Å². The average molecular weight is 432 g/mol. The van der Waals surface area contributed by atoms with E-state index in [2.05, 4.69) is 29.8 Å². The van der Waals surface area contributed by atoms with Crippen LogP contribution < -0.4 is 10.5 Å². The minimum atomic E-state index is -0.406. The lowest BCUT2D eigenvalue weighted by Gasteiger charge is -2.27. The molecule has 2 N–H and O–H groups in total. The lowest BCUT2D eigenvalue weighted by atomic mass is 9.86. The summed E-state index contributed by atoms with van der Waals surface area (Å²) in [6.07, 6.45) is 1.88. The standard InChI is InChI=1S/C25H26FN5O/c1-13(2)20-6-15(9-27)24-16-7-23(25(28)29-10-16)32-14(3)19-8-17(26)4-5-18(19)22-12-31(22)11-21(24)30-20/h4-5,7-8,10,13-14,20,22H,6,11-12H2,1-3H3,(H2,28,29). The number of fused-ring (bicyclic) bond motifs is 7. The number of nitrogens with two attached hydrogens (primary N) is 1. The molecule has 2 bridgehead atoms. The highest BCUT2D eigenvalue weighted by molar-refractivity contribution is 6.27. The molecule has 0 spiro atoms. The Bertz CT molecular complexity index is 1200. The fraction of sp³-hybridized carbons (Fsp3) is 0.400. The Hall–Kier alpha value is -3.24. The van der Waals surface area contributed by atoms with Gasteiger partial charge in [0.25, 0.3) is 0 Å². The number of hydrogen-bond acceptors (Lipinski definition) is 6. The molecule has 3 aliphatic heterocycles. The number of nitriles is 1. The molecule has 1 aromatic heterocycles. The van der Waals surface area contributed by atoms with E-state index in [1.54, 1.807) is 12.3 Å². The summed E-state index contributed by atoms with van der Waals surface area (Å²) < 4.78 is 20.3. The third-order valence-electron chi connectivity index (χ3n) is 6.62. The van der Waals surface area contributed by atoms with Gasteiger partial charge in [-0.2, -0.15) is 5.26 Å². The smallest absolute Gasteiger partial charge is 0.166 e. The monoisotopic (exact) mass is 431 g/mol. The molecular weight excluding hydrogens is 405 g/mol. The zero-order chi connectivity index (χ0) is 22.6. The van der Waals surface area contributed by atoms with Gasteiger partial charge in [0.1, 0.15) is 11.9 Å². The molecule has 4 atom stereocenters. The number of halogens is 1. The minimum absolute atomic E-state index is 0.0635. The van der Waals surface area contributed by atoms with E-state index in [1.165, 1.54) is 6.07 Å². The zero-order valence-electron chi connectivity index (χ0n) is 18.5. The molecule has 1 saturated heterocycles. The Morgan fingerprint density at radius 2 is 2.09 bits per heavy atom. The molecule has 2 aromatic rings. The summed E-state index contributed by atoms with van der Waals surface area (Å²) in [5.41, 5.74) is 11.2. The highest BCUT2D eigenvalue weighted by atomic mass is 19.1. The molecule has 5 rings (SSSR count). The molecule has 0 aliphatic carbocycles. The fourth-order valence-electron chi connectivity index (χ4n) is 4.72. The van der Waals surface area contributed by atoms with Crippen molar-refractivity contribution in [3.8, 4) is 11.8 Å². The third kappa shape index (κ3) is 3.55. The topological polar surface area (TPSA) is 87.3 Å². The van der Waals surface area contributed by atoms with E-state index in [0.29, 0.717) is 24.6 Å². The van der Waals surface area contributed by atoms with Crippen molar-refractivity contribution in [3.05, 3.63) is 58.5 Å². The van der Waals surface area contributed by atoms with Gasteiger partial charge in [-0.3, -0.25) is 9.89 Å². The van der Waals surface area contributed by atoms with Crippen molar-refractivity contribution in [1.82, 2.24) is 9.88 Å². The molecule has 32 heavy (non-hydrogen) atoms. The van der Waals surface area contributed by atoms with Crippen molar-refractivity contribution in [1.29, 1.82) is 5.26 Å². The number of benzene rings is 1. The second kappa shape index (κ2) is 7.72. The van der Waals surface area contributed by atoms with Crippen LogP contribution in [-0.4, -0.2) is 34.7 Å². The Balaban J connectivity index is 1.69. The van der Waals surface area contributed by atoms with Crippen LogP contribution in [0.4, 0.5) is 10.2 Å². The second-order valence-electron chi connectivity index (χ2n) is 9.14. The maximum Gasteiger partial charge on any atom is 0.166 e. The highest BCUT2D eigenvalue weighted by Crippen LogP contribution is 2.43. The van der Waals surface area contributed by atoms with Gasteiger partial charge in [-0.05, 0) is 42.2 Å². The summed E-state index contributed by atoms with van der Waals surface area (Å²) in [4.78, 5) is 11.7. The second-order valence-corrected chi connectivity index (χ2v) is 9.14. The molecule has 3 aliphatic rings. The van der Waals surface area contributed by atoms with Crippen molar-refractivity contribution < 1.29 is 9.13 Å². The Labute approximate surface area is 187 Å². The highest BCUT2D eigenvalue weighted by Gasteiger charge is 2.40. The number of nitrogen functional groups attached to an aromatic ring is 1. The van der Waals surface area contributed by atoms with E-state index < -0.39 is 6.10 Å². The number of nitrogens with zero attached hydrogens (tertiary/aromatic N) is 4. The van der Waals surface area contributed by atoms with E-state index in [1.807, 2.05) is 19.1 Å². The summed E-state index contributed by atoms with van der Waals surface area (Å²) in [6, 6.07) is 9.36. The van der Waals surface area contributed by atoms with Gasteiger partial charge in [0.15, 0.2) is 11.6 Å². The normalized spacial score (nSPS) is 26.4. The maximum atomic E-state index is 14.1. The SMILES string of the molecule is CC1Oc2cc(cnc2N)C2=C(C#N)CC(C(C)C)N=C2CN2CC2c2ccc(F)cc21. The molecule has 0 radical (unpaired) electrons. The molecule has 1 aromatic carbocycles. The van der Waals surface area contributed by atoms with Crippen LogP contribution in [0.1, 0.15) is 56.0 Å². The Morgan fingerprint density at radius 3 is 2.84 bits per heavy atom. The average Bonchev–Trinajstić information content (AvgIpc) is 3.52. The molecular formula is C25H26FN5O. The minimum Gasteiger partial charge on any atom is -0.482 e.